The standard InChI is InChI=1S/C19H22N6OS/c1-10-8-12(9-14-16(10)22-19(20)27-14)18(26)21-13-4-5-15-23-24-17(11-2-3-11)25(15)7-6-13/h8-9,11,13H,2-7H2,1H3,(H2,20,22)(H,21,26). The zero-order valence-electron chi connectivity index (χ0n) is 15.2. The number of amides is 1. The molecule has 0 radical (unpaired) electrons. The number of aryl methyl sites for hydroxylation is 2. The molecule has 140 valence electrons. The lowest BCUT2D eigenvalue weighted by atomic mass is 10.1. The lowest BCUT2D eigenvalue weighted by molar-refractivity contribution is 0.0933. The van der Waals surface area contributed by atoms with Crippen molar-refractivity contribution in [3.8, 4) is 0 Å². The summed E-state index contributed by atoms with van der Waals surface area (Å²) in [5, 5.41) is 12.5. The summed E-state index contributed by atoms with van der Waals surface area (Å²) in [6, 6.07) is 3.93. The van der Waals surface area contributed by atoms with Gasteiger partial charge in [-0.3, -0.25) is 4.79 Å². The largest absolute Gasteiger partial charge is 0.375 e. The first kappa shape index (κ1) is 16.7. The highest BCUT2D eigenvalue weighted by Crippen LogP contribution is 2.39. The smallest absolute Gasteiger partial charge is 0.251 e. The maximum atomic E-state index is 12.8. The number of thiazole rings is 1. The number of hydrogen-bond donors (Lipinski definition) is 2. The number of aromatic nitrogens is 4. The molecule has 3 aromatic rings. The van der Waals surface area contributed by atoms with E-state index in [1.165, 1.54) is 24.2 Å². The second kappa shape index (κ2) is 6.30. The molecule has 1 aromatic carbocycles. The molecule has 2 aliphatic rings. The summed E-state index contributed by atoms with van der Waals surface area (Å²) in [6.45, 7) is 2.85. The zero-order valence-corrected chi connectivity index (χ0v) is 16.1. The van der Waals surface area contributed by atoms with Crippen LogP contribution in [0.3, 0.4) is 0 Å². The van der Waals surface area contributed by atoms with E-state index in [0.29, 0.717) is 16.6 Å². The molecule has 5 rings (SSSR count). The van der Waals surface area contributed by atoms with Crippen molar-refractivity contribution >= 4 is 32.6 Å². The molecule has 0 spiro atoms. The highest BCUT2D eigenvalue weighted by molar-refractivity contribution is 7.22. The number of anilines is 1. The Morgan fingerprint density at radius 2 is 2.11 bits per heavy atom. The van der Waals surface area contributed by atoms with Crippen molar-refractivity contribution < 1.29 is 4.79 Å². The van der Waals surface area contributed by atoms with Gasteiger partial charge in [0, 0.05) is 30.5 Å². The molecule has 1 unspecified atom stereocenters. The van der Waals surface area contributed by atoms with E-state index in [1.807, 2.05) is 19.1 Å². The Hall–Kier alpha value is -2.48. The van der Waals surface area contributed by atoms with Gasteiger partial charge in [-0.25, -0.2) is 4.98 Å². The number of nitrogens with one attached hydrogen (secondary N) is 1. The van der Waals surface area contributed by atoms with E-state index < -0.39 is 0 Å². The molecule has 2 aromatic heterocycles. The maximum absolute atomic E-state index is 12.8. The lowest BCUT2D eigenvalue weighted by Crippen LogP contribution is -2.35. The minimum atomic E-state index is -0.0305. The number of nitrogens with two attached hydrogens (primary N) is 1. The Labute approximate surface area is 161 Å². The Bertz CT molecular complexity index is 1030. The second-order valence-corrected chi connectivity index (χ2v) is 8.65. The number of benzene rings is 1. The number of hydrogen-bond acceptors (Lipinski definition) is 6. The molecule has 3 heterocycles. The van der Waals surface area contributed by atoms with Crippen LogP contribution in [0.5, 0.6) is 0 Å². The van der Waals surface area contributed by atoms with Gasteiger partial charge in [-0.05, 0) is 50.3 Å². The Morgan fingerprint density at radius 3 is 2.93 bits per heavy atom. The van der Waals surface area contributed by atoms with Gasteiger partial charge in [0.2, 0.25) is 0 Å². The van der Waals surface area contributed by atoms with Crippen molar-refractivity contribution in [3.63, 3.8) is 0 Å². The maximum Gasteiger partial charge on any atom is 0.251 e. The van der Waals surface area contributed by atoms with E-state index in [-0.39, 0.29) is 11.9 Å². The molecule has 1 atom stereocenters. The molecule has 8 heteroatoms. The summed E-state index contributed by atoms with van der Waals surface area (Å²) in [6.07, 6.45) is 5.10. The van der Waals surface area contributed by atoms with Gasteiger partial charge in [0.1, 0.15) is 11.6 Å². The van der Waals surface area contributed by atoms with Gasteiger partial charge >= 0.3 is 0 Å². The van der Waals surface area contributed by atoms with Crippen LogP contribution in [0.25, 0.3) is 10.2 Å². The zero-order chi connectivity index (χ0) is 18.5. The van der Waals surface area contributed by atoms with E-state index in [2.05, 4.69) is 25.1 Å². The quantitative estimate of drug-likeness (QED) is 0.726. The first-order chi connectivity index (χ1) is 13.1. The van der Waals surface area contributed by atoms with Crippen LogP contribution >= 0.6 is 11.3 Å². The average molecular weight is 382 g/mol. The number of carbonyl (C=O) groups excluding carboxylic acids is 1. The fourth-order valence-corrected chi connectivity index (χ4v) is 4.76. The molecule has 27 heavy (non-hydrogen) atoms. The van der Waals surface area contributed by atoms with Crippen LogP contribution < -0.4 is 11.1 Å². The highest BCUT2D eigenvalue weighted by atomic mass is 32.1. The minimum Gasteiger partial charge on any atom is -0.375 e. The van der Waals surface area contributed by atoms with Crippen molar-refractivity contribution in [2.45, 2.75) is 57.5 Å². The molecule has 1 aliphatic carbocycles. The molecule has 1 saturated carbocycles. The molecule has 7 nitrogen and oxygen atoms in total. The predicted molar refractivity (Wildman–Crippen MR) is 105 cm³/mol. The van der Waals surface area contributed by atoms with Gasteiger partial charge in [-0.15, -0.1) is 10.2 Å². The van der Waals surface area contributed by atoms with E-state index in [4.69, 9.17) is 5.73 Å². The predicted octanol–water partition coefficient (Wildman–Crippen LogP) is 2.79. The van der Waals surface area contributed by atoms with Crippen LogP contribution in [0, 0.1) is 6.92 Å². The molecule has 1 aliphatic heterocycles. The fraction of sp³-hybridized carbons (Fsp3) is 0.474. The van der Waals surface area contributed by atoms with Gasteiger partial charge in [0.25, 0.3) is 5.91 Å². The van der Waals surface area contributed by atoms with Gasteiger partial charge < -0.3 is 15.6 Å². The third-order valence-corrected chi connectivity index (χ3v) is 6.35. The van der Waals surface area contributed by atoms with E-state index >= 15 is 0 Å². The summed E-state index contributed by atoms with van der Waals surface area (Å²) in [5.41, 5.74) is 8.35. The van der Waals surface area contributed by atoms with Crippen molar-refractivity contribution in [2.24, 2.45) is 0 Å². The molecular weight excluding hydrogens is 360 g/mol. The van der Waals surface area contributed by atoms with Crippen LogP contribution in [0.1, 0.15) is 59.2 Å². The summed E-state index contributed by atoms with van der Waals surface area (Å²) in [4.78, 5) is 17.2. The monoisotopic (exact) mass is 382 g/mol. The number of fused-ring (bicyclic) bond motifs is 2. The normalized spacial score (nSPS) is 19.7. The number of carbonyl (C=O) groups is 1. The molecule has 0 saturated heterocycles. The summed E-state index contributed by atoms with van der Waals surface area (Å²) >= 11 is 1.42. The minimum absolute atomic E-state index is 0.0305. The molecule has 1 fully saturated rings. The summed E-state index contributed by atoms with van der Waals surface area (Å²) in [5.74, 6) is 2.77. The van der Waals surface area contributed by atoms with Crippen molar-refractivity contribution in [3.05, 3.63) is 34.9 Å². The molecule has 0 bridgehead atoms. The Balaban J connectivity index is 1.31. The lowest BCUT2D eigenvalue weighted by Gasteiger charge is -2.16. The van der Waals surface area contributed by atoms with Gasteiger partial charge in [-0.2, -0.15) is 0 Å². The number of nitrogen functional groups attached to an aromatic ring is 1. The SMILES string of the molecule is Cc1cc(C(=O)NC2CCc3nnc(C4CC4)n3CC2)cc2sc(N)nc12. The van der Waals surface area contributed by atoms with Gasteiger partial charge in [0.15, 0.2) is 5.13 Å². The van der Waals surface area contributed by atoms with Gasteiger partial charge in [-0.1, -0.05) is 11.3 Å². The molecule has 3 N–H and O–H groups in total. The third-order valence-electron chi connectivity index (χ3n) is 5.52. The van der Waals surface area contributed by atoms with Crippen LogP contribution in [0.4, 0.5) is 5.13 Å². The van der Waals surface area contributed by atoms with Crippen LogP contribution in [-0.4, -0.2) is 31.7 Å². The summed E-state index contributed by atoms with van der Waals surface area (Å²) < 4.78 is 3.24. The van der Waals surface area contributed by atoms with Crippen LogP contribution in [0.15, 0.2) is 12.1 Å². The second-order valence-electron chi connectivity index (χ2n) is 7.59. The van der Waals surface area contributed by atoms with E-state index in [1.54, 1.807) is 0 Å². The van der Waals surface area contributed by atoms with Crippen molar-refractivity contribution in [1.29, 1.82) is 0 Å². The third kappa shape index (κ3) is 3.07. The van der Waals surface area contributed by atoms with Gasteiger partial charge in [0.05, 0.1) is 10.2 Å². The first-order valence-electron chi connectivity index (χ1n) is 9.48. The van der Waals surface area contributed by atoms with Crippen molar-refractivity contribution in [1.82, 2.24) is 25.1 Å². The Morgan fingerprint density at radius 1 is 1.26 bits per heavy atom. The molecule has 1 amide bonds. The number of rotatable bonds is 3. The van der Waals surface area contributed by atoms with E-state index in [9.17, 15) is 4.79 Å². The van der Waals surface area contributed by atoms with Crippen molar-refractivity contribution in [2.75, 3.05) is 5.73 Å². The molecular formula is C19H22N6OS. The number of nitrogens with zero attached hydrogens (tertiary/aromatic N) is 4. The first-order valence-corrected chi connectivity index (χ1v) is 10.3. The average Bonchev–Trinajstić information content (AvgIpc) is 3.34. The topological polar surface area (TPSA) is 98.7 Å². The highest BCUT2D eigenvalue weighted by Gasteiger charge is 2.31. The van der Waals surface area contributed by atoms with Crippen LogP contribution in [-0.2, 0) is 13.0 Å². The fourth-order valence-electron chi connectivity index (χ4n) is 3.91. The van der Waals surface area contributed by atoms with E-state index in [0.717, 1.165) is 53.2 Å². The summed E-state index contributed by atoms with van der Waals surface area (Å²) in [7, 11) is 0. The Kier molecular flexibility index (Phi) is 3.89. The van der Waals surface area contributed by atoms with Crippen LogP contribution in [0.2, 0.25) is 0 Å².